The molecule has 0 amide bonds. The Labute approximate surface area is 61.6 Å². The van der Waals surface area contributed by atoms with E-state index in [2.05, 4.69) is 4.74 Å². The van der Waals surface area contributed by atoms with Crippen molar-refractivity contribution in [2.45, 2.75) is 13.1 Å². The maximum absolute atomic E-state index is 11.7. The van der Waals surface area contributed by atoms with Crippen molar-refractivity contribution in [3.63, 3.8) is 0 Å². The number of ether oxygens (including phenoxy) is 1. The van der Waals surface area contributed by atoms with E-state index >= 15 is 0 Å². The van der Waals surface area contributed by atoms with Gasteiger partial charge in [0.2, 0.25) is 5.76 Å². The highest BCUT2D eigenvalue weighted by atomic mass is 19.4. The zero-order chi connectivity index (χ0) is 9.07. The van der Waals surface area contributed by atoms with E-state index in [1.807, 2.05) is 0 Å². The second kappa shape index (κ2) is 3.41. The topological polar surface area (TPSA) is 26.3 Å². The molecule has 0 spiro atoms. The summed E-state index contributed by atoms with van der Waals surface area (Å²) < 4.78 is 39.1. The van der Waals surface area contributed by atoms with Crippen LogP contribution >= 0.6 is 0 Å². The fraction of sp³-hybridized carbons (Fsp3) is 0.500. The van der Waals surface area contributed by atoms with Gasteiger partial charge in [-0.05, 0) is 6.92 Å². The molecule has 0 fully saturated rings. The molecule has 0 aliphatic rings. The normalized spacial score (nSPS) is 13.0. The number of carbonyl (C=O) groups excluding carboxylic acids is 1. The summed E-state index contributed by atoms with van der Waals surface area (Å²) in [5.74, 6) is -1.97. The first-order chi connectivity index (χ1) is 4.88. The van der Waals surface area contributed by atoms with Crippen molar-refractivity contribution in [2.75, 3.05) is 7.11 Å². The van der Waals surface area contributed by atoms with E-state index in [1.54, 1.807) is 0 Å². The predicted molar refractivity (Wildman–Crippen MR) is 31.8 cm³/mol. The average molecular weight is 168 g/mol. The summed E-state index contributed by atoms with van der Waals surface area (Å²) in [6, 6.07) is 0. The van der Waals surface area contributed by atoms with Gasteiger partial charge in [-0.2, -0.15) is 13.2 Å². The fourth-order valence-corrected chi connectivity index (χ4v) is 0.441. The largest absolute Gasteiger partial charge is 0.492 e. The second-order valence-electron chi connectivity index (χ2n) is 1.82. The lowest BCUT2D eigenvalue weighted by atomic mass is 10.3. The number of alkyl halides is 3. The molecule has 0 N–H and O–H groups in total. The number of hydrogen-bond donors (Lipinski definition) is 0. The lowest BCUT2D eigenvalue weighted by Gasteiger charge is -2.08. The Morgan fingerprint density at radius 2 is 1.91 bits per heavy atom. The zero-order valence-electron chi connectivity index (χ0n) is 6.03. The van der Waals surface area contributed by atoms with Crippen LogP contribution in [0.2, 0.25) is 0 Å². The Hall–Kier alpha value is -1.00. The van der Waals surface area contributed by atoms with E-state index in [9.17, 15) is 18.0 Å². The summed E-state index contributed by atoms with van der Waals surface area (Å²) >= 11 is 0. The van der Waals surface area contributed by atoms with Crippen LogP contribution in [0.1, 0.15) is 6.92 Å². The SMILES string of the molecule is CO/C(=C\C(C)=O)C(F)(F)F. The van der Waals surface area contributed by atoms with Gasteiger partial charge in [-0.25, -0.2) is 0 Å². The van der Waals surface area contributed by atoms with Crippen LogP contribution < -0.4 is 0 Å². The monoisotopic (exact) mass is 168 g/mol. The molecule has 0 bridgehead atoms. The van der Waals surface area contributed by atoms with Crippen molar-refractivity contribution in [1.82, 2.24) is 0 Å². The number of allylic oxidation sites excluding steroid dienone is 2. The van der Waals surface area contributed by atoms with Gasteiger partial charge < -0.3 is 4.74 Å². The molecule has 0 radical (unpaired) electrons. The first-order valence-corrected chi connectivity index (χ1v) is 2.71. The molecular weight excluding hydrogens is 161 g/mol. The Morgan fingerprint density at radius 1 is 1.45 bits per heavy atom. The van der Waals surface area contributed by atoms with Crippen molar-refractivity contribution in [1.29, 1.82) is 0 Å². The quantitative estimate of drug-likeness (QED) is 0.463. The minimum Gasteiger partial charge on any atom is -0.492 e. The van der Waals surface area contributed by atoms with Gasteiger partial charge in [0.1, 0.15) is 0 Å². The van der Waals surface area contributed by atoms with Crippen LogP contribution in [0.15, 0.2) is 11.8 Å². The number of rotatable bonds is 2. The molecule has 0 aromatic rings. The Kier molecular flexibility index (Phi) is 3.10. The van der Waals surface area contributed by atoms with Gasteiger partial charge in [0, 0.05) is 6.08 Å². The molecule has 5 heteroatoms. The number of hydrogen-bond acceptors (Lipinski definition) is 2. The van der Waals surface area contributed by atoms with Crippen LogP contribution in [0, 0.1) is 0 Å². The van der Waals surface area contributed by atoms with Crippen molar-refractivity contribution >= 4 is 5.78 Å². The van der Waals surface area contributed by atoms with Gasteiger partial charge in [0.25, 0.3) is 0 Å². The number of methoxy groups -OCH3 is 1. The summed E-state index contributed by atoms with van der Waals surface area (Å²) in [6.45, 7) is 1.02. The van der Waals surface area contributed by atoms with E-state index in [0.717, 1.165) is 14.0 Å². The average Bonchev–Trinajstić information content (AvgIpc) is 1.79. The molecule has 0 aromatic heterocycles. The highest BCUT2D eigenvalue weighted by molar-refractivity contribution is 5.87. The smallest absolute Gasteiger partial charge is 0.449 e. The highest BCUT2D eigenvalue weighted by Crippen LogP contribution is 2.25. The summed E-state index contributed by atoms with van der Waals surface area (Å²) in [7, 11) is 0.863. The van der Waals surface area contributed by atoms with Gasteiger partial charge in [0.05, 0.1) is 7.11 Å². The van der Waals surface area contributed by atoms with E-state index in [4.69, 9.17) is 0 Å². The van der Waals surface area contributed by atoms with Crippen LogP contribution in [0.3, 0.4) is 0 Å². The standard InChI is InChI=1S/C6H7F3O2/c1-4(10)3-5(11-2)6(7,8)9/h3H,1-2H3/b5-3-. The third-order valence-corrected chi connectivity index (χ3v) is 0.834. The minimum absolute atomic E-state index is 0.403. The van der Waals surface area contributed by atoms with E-state index in [0.29, 0.717) is 6.08 Å². The lowest BCUT2D eigenvalue weighted by Crippen LogP contribution is -2.14. The van der Waals surface area contributed by atoms with Gasteiger partial charge >= 0.3 is 6.18 Å². The Bertz CT molecular complexity index is 181. The van der Waals surface area contributed by atoms with Gasteiger partial charge in [-0.3, -0.25) is 4.79 Å². The van der Waals surface area contributed by atoms with Gasteiger partial charge in [0.15, 0.2) is 5.78 Å². The van der Waals surface area contributed by atoms with Crippen molar-refractivity contribution in [3.8, 4) is 0 Å². The molecule has 2 nitrogen and oxygen atoms in total. The van der Waals surface area contributed by atoms with Gasteiger partial charge in [-0.15, -0.1) is 0 Å². The van der Waals surface area contributed by atoms with Crippen LogP contribution in [-0.2, 0) is 9.53 Å². The molecule has 0 aliphatic carbocycles. The van der Waals surface area contributed by atoms with Crippen molar-refractivity contribution < 1.29 is 22.7 Å². The molecular formula is C6H7F3O2. The summed E-state index contributed by atoms with van der Waals surface area (Å²) in [4.78, 5) is 10.2. The molecule has 64 valence electrons. The second-order valence-corrected chi connectivity index (χ2v) is 1.82. The van der Waals surface area contributed by atoms with Crippen molar-refractivity contribution in [3.05, 3.63) is 11.8 Å². The van der Waals surface area contributed by atoms with E-state index in [1.165, 1.54) is 0 Å². The number of halogens is 3. The molecule has 0 aromatic carbocycles. The third kappa shape index (κ3) is 3.64. The maximum atomic E-state index is 11.7. The van der Waals surface area contributed by atoms with E-state index in [-0.39, 0.29) is 0 Å². The van der Waals surface area contributed by atoms with Crippen LogP contribution in [0.5, 0.6) is 0 Å². The predicted octanol–water partition coefficient (Wildman–Crippen LogP) is 1.67. The summed E-state index contributed by atoms with van der Waals surface area (Å²) in [5, 5.41) is 0. The molecule has 0 aliphatic heterocycles. The molecule has 0 saturated carbocycles. The molecule has 0 unspecified atom stereocenters. The first kappa shape index (κ1) is 10.0. The molecule has 11 heavy (non-hydrogen) atoms. The van der Waals surface area contributed by atoms with Crippen LogP contribution in [0.4, 0.5) is 13.2 Å². The van der Waals surface area contributed by atoms with E-state index < -0.39 is 17.7 Å². The Balaban J connectivity index is 4.54. The lowest BCUT2D eigenvalue weighted by molar-refractivity contribution is -0.129. The highest BCUT2D eigenvalue weighted by Gasteiger charge is 2.35. The van der Waals surface area contributed by atoms with Crippen LogP contribution in [-0.4, -0.2) is 19.1 Å². The van der Waals surface area contributed by atoms with Crippen molar-refractivity contribution in [2.24, 2.45) is 0 Å². The summed E-state index contributed by atoms with van der Waals surface area (Å²) in [6.07, 6.45) is -4.18. The first-order valence-electron chi connectivity index (χ1n) is 2.71. The minimum atomic E-state index is -4.58. The number of ketones is 1. The third-order valence-electron chi connectivity index (χ3n) is 0.834. The molecule has 0 heterocycles. The zero-order valence-corrected chi connectivity index (χ0v) is 6.03. The van der Waals surface area contributed by atoms with Gasteiger partial charge in [-0.1, -0.05) is 0 Å². The summed E-state index contributed by atoms with van der Waals surface area (Å²) in [5.41, 5.74) is 0. The number of carbonyl (C=O) groups is 1. The molecule has 0 rings (SSSR count). The van der Waals surface area contributed by atoms with Crippen LogP contribution in [0.25, 0.3) is 0 Å². The molecule has 0 saturated heterocycles. The Morgan fingerprint density at radius 3 is 2.00 bits per heavy atom. The molecule has 0 atom stereocenters. The maximum Gasteiger partial charge on any atom is 0.449 e. The fourth-order valence-electron chi connectivity index (χ4n) is 0.441.